The molecule has 0 radical (unpaired) electrons. The average molecular weight is 366 g/mol. The Labute approximate surface area is 136 Å². The third kappa shape index (κ3) is 3.53. The van der Waals surface area contributed by atoms with Gasteiger partial charge in [0.25, 0.3) is 0 Å². The Bertz CT molecular complexity index is 656. The van der Waals surface area contributed by atoms with Crippen molar-refractivity contribution in [3.8, 4) is 0 Å². The van der Waals surface area contributed by atoms with E-state index in [2.05, 4.69) is 26.1 Å². The molecule has 116 valence electrons. The molecule has 1 aromatic carbocycles. The molecular weight excluding hydrogens is 350 g/mol. The van der Waals surface area contributed by atoms with E-state index in [0.717, 1.165) is 29.4 Å². The fourth-order valence-electron chi connectivity index (χ4n) is 2.73. The maximum atomic E-state index is 10.9. The number of likely N-dealkylation sites (tertiary alicyclic amines) is 1. The highest BCUT2D eigenvalue weighted by molar-refractivity contribution is 9.10. The number of nitrogens with zero attached hydrogens (tertiary/aromatic N) is 3. The van der Waals surface area contributed by atoms with Crippen molar-refractivity contribution in [1.82, 2.24) is 15.0 Å². The highest BCUT2D eigenvalue weighted by Crippen LogP contribution is 2.30. The first-order valence-corrected chi connectivity index (χ1v) is 7.94. The van der Waals surface area contributed by atoms with Gasteiger partial charge in [-0.15, -0.1) is 0 Å². The minimum atomic E-state index is -0.832. The maximum Gasteiger partial charge on any atom is 0.317 e. The molecule has 1 saturated heterocycles. The smallest absolute Gasteiger partial charge is 0.317 e. The van der Waals surface area contributed by atoms with Crippen molar-refractivity contribution in [3.05, 3.63) is 46.0 Å². The molecule has 0 amide bonds. The van der Waals surface area contributed by atoms with Gasteiger partial charge in [-0.3, -0.25) is 9.69 Å². The summed E-state index contributed by atoms with van der Waals surface area (Å²) in [5.41, 5.74) is 1.10. The largest absolute Gasteiger partial charge is 0.480 e. The molecule has 0 aliphatic carbocycles. The monoisotopic (exact) mass is 365 g/mol. The molecule has 0 bridgehead atoms. The number of aromatic nitrogens is 2. The van der Waals surface area contributed by atoms with E-state index in [1.165, 1.54) is 0 Å². The molecule has 22 heavy (non-hydrogen) atoms. The summed E-state index contributed by atoms with van der Waals surface area (Å²) in [6.45, 7) is 0.760. The maximum absolute atomic E-state index is 10.9. The standard InChI is InChI=1S/C15H16BrN3O3/c16-11-5-3-10(4-6-11)8-13-17-15(22-18-13)12-2-1-7-19(12)9-14(20)21/h3-6,12H,1-2,7-9H2,(H,20,21). The summed E-state index contributed by atoms with van der Waals surface area (Å²) in [6.07, 6.45) is 2.40. The van der Waals surface area contributed by atoms with E-state index in [4.69, 9.17) is 9.63 Å². The molecule has 3 rings (SSSR count). The van der Waals surface area contributed by atoms with E-state index in [0.29, 0.717) is 18.1 Å². The van der Waals surface area contributed by atoms with Crippen molar-refractivity contribution in [2.24, 2.45) is 0 Å². The fraction of sp³-hybridized carbons (Fsp3) is 0.400. The summed E-state index contributed by atoms with van der Waals surface area (Å²) in [5.74, 6) is 0.312. The topological polar surface area (TPSA) is 79.5 Å². The van der Waals surface area contributed by atoms with Crippen molar-refractivity contribution in [1.29, 1.82) is 0 Å². The van der Waals surface area contributed by atoms with E-state index in [9.17, 15) is 4.79 Å². The molecule has 2 heterocycles. The van der Waals surface area contributed by atoms with Gasteiger partial charge in [-0.25, -0.2) is 0 Å². The molecular formula is C15H16BrN3O3. The van der Waals surface area contributed by atoms with Crippen molar-refractivity contribution in [2.75, 3.05) is 13.1 Å². The number of carboxylic acid groups (broad SMARTS) is 1. The molecule has 0 spiro atoms. The summed E-state index contributed by atoms with van der Waals surface area (Å²) in [7, 11) is 0. The minimum Gasteiger partial charge on any atom is -0.480 e. The Hall–Kier alpha value is -1.73. The number of hydrogen-bond donors (Lipinski definition) is 1. The lowest BCUT2D eigenvalue weighted by atomic mass is 10.1. The Balaban J connectivity index is 1.70. The summed E-state index contributed by atoms with van der Waals surface area (Å²) in [6, 6.07) is 7.88. The highest BCUT2D eigenvalue weighted by atomic mass is 79.9. The number of aliphatic carboxylic acids is 1. The van der Waals surface area contributed by atoms with E-state index in [1.54, 1.807) is 0 Å². The molecule has 1 N–H and O–H groups in total. The Morgan fingerprint density at radius 1 is 1.41 bits per heavy atom. The average Bonchev–Trinajstić information content (AvgIpc) is 3.10. The van der Waals surface area contributed by atoms with Gasteiger partial charge in [0, 0.05) is 10.9 Å². The molecule has 2 aromatic rings. The molecule has 6 nitrogen and oxygen atoms in total. The van der Waals surface area contributed by atoms with Crippen LogP contribution in [-0.4, -0.2) is 39.2 Å². The van der Waals surface area contributed by atoms with Crippen molar-refractivity contribution < 1.29 is 14.4 Å². The van der Waals surface area contributed by atoms with Crippen LogP contribution in [0, 0.1) is 0 Å². The number of rotatable bonds is 5. The van der Waals surface area contributed by atoms with Crippen LogP contribution in [-0.2, 0) is 11.2 Å². The Morgan fingerprint density at radius 3 is 2.91 bits per heavy atom. The second-order valence-electron chi connectivity index (χ2n) is 5.37. The van der Waals surface area contributed by atoms with Crippen molar-refractivity contribution in [3.63, 3.8) is 0 Å². The number of halogens is 1. The summed E-state index contributed by atoms with van der Waals surface area (Å²) >= 11 is 3.40. The quantitative estimate of drug-likeness (QED) is 0.877. The Kier molecular flexibility index (Phi) is 4.54. The molecule has 1 aliphatic rings. The fourth-order valence-corrected chi connectivity index (χ4v) is 2.99. The molecule has 7 heteroatoms. The third-order valence-corrected chi connectivity index (χ3v) is 4.28. The first-order valence-electron chi connectivity index (χ1n) is 7.14. The number of hydrogen-bond acceptors (Lipinski definition) is 5. The number of benzene rings is 1. The predicted octanol–water partition coefficient (Wildman–Crippen LogP) is 2.64. The zero-order valence-electron chi connectivity index (χ0n) is 11.9. The van der Waals surface area contributed by atoms with Crippen LogP contribution >= 0.6 is 15.9 Å². The minimum absolute atomic E-state index is 0.00902. The van der Waals surface area contributed by atoms with Crippen LogP contribution in [0.5, 0.6) is 0 Å². The second-order valence-corrected chi connectivity index (χ2v) is 6.29. The lowest BCUT2D eigenvalue weighted by Crippen LogP contribution is -2.29. The van der Waals surface area contributed by atoms with Crippen LogP contribution in [0.2, 0.25) is 0 Å². The molecule has 1 atom stereocenters. The first-order chi connectivity index (χ1) is 10.6. The van der Waals surface area contributed by atoms with Gasteiger partial charge in [-0.2, -0.15) is 4.98 Å². The van der Waals surface area contributed by atoms with Crippen LogP contribution in [0.15, 0.2) is 33.3 Å². The normalized spacial score (nSPS) is 18.7. The number of carboxylic acids is 1. The summed E-state index contributed by atoms with van der Waals surface area (Å²) in [5, 5.41) is 13.0. The molecule has 1 unspecified atom stereocenters. The van der Waals surface area contributed by atoms with Crippen LogP contribution in [0.25, 0.3) is 0 Å². The zero-order valence-corrected chi connectivity index (χ0v) is 13.5. The van der Waals surface area contributed by atoms with E-state index in [1.807, 2.05) is 29.2 Å². The van der Waals surface area contributed by atoms with Crippen LogP contribution in [0.4, 0.5) is 0 Å². The molecule has 1 fully saturated rings. The first kappa shape index (κ1) is 15.2. The van der Waals surface area contributed by atoms with Crippen molar-refractivity contribution in [2.45, 2.75) is 25.3 Å². The van der Waals surface area contributed by atoms with Gasteiger partial charge in [-0.1, -0.05) is 33.2 Å². The number of carbonyl (C=O) groups is 1. The second kappa shape index (κ2) is 6.58. The van der Waals surface area contributed by atoms with E-state index >= 15 is 0 Å². The van der Waals surface area contributed by atoms with Gasteiger partial charge >= 0.3 is 5.97 Å². The predicted molar refractivity (Wildman–Crippen MR) is 82.4 cm³/mol. The summed E-state index contributed by atoms with van der Waals surface area (Å²) < 4.78 is 6.38. The Morgan fingerprint density at radius 2 is 2.18 bits per heavy atom. The van der Waals surface area contributed by atoms with Crippen LogP contribution in [0.3, 0.4) is 0 Å². The van der Waals surface area contributed by atoms with Crippen LogP contribution < -0.4 is 0 Å². The summed E-state index contributed by atoms with van der Waals surface area (Å²) in [4.78, 5) is 17.2. The lowest BCUT2D eigenvalue weighted by Gasteiger charge is -2.18. The van der Waals surface area contributed by atoms with E-state index in [-0.39, 0.29) is 12.6 Å². The van der Waals surface area contributed by atoms with Gasteiger partial charge in [0.05, 0.1) is 12.6 Å². The van der Waals surface area contributed by atoms with Crippen molar-refractivity contribution >= 4 is 21.9 Å². The van der Waals surface area contributed by atoms with Gasteiger partial charge in [0.2, 0.25) is 5.89 Å². The van der Waals surface area contributed by atoms with E-state index < -0.39 is 5.97 Å². The van der Waals surface area contributed by atoms with Gasteiger partial charge in [0.1, 0.15) is 0 Å². The lowest BCUT2D eigenvalue weighted by molar-refractivity contribution is -0.138. The molecule has 1 aromatic heterocycles. The van der Waals surface area contributed by atoms with Gasteiger partial charge < -0.3 is 9.63 Å². The highest BCUT2D eigenvalue weighted by Gasteiger charge is 2.31. The zero-order chi connectivity index (χ0) is 15.5. The SMILES string of the molecule is O=C(O)CN1CCCC1c1nc(Cc2ccc(Br)cc2)no1. The van der Waals surface area contributed by atoms with Gasteiger partial charge in [-0.05, 0) is 37.1 Å². The molecule has 1 aliphatic heterocycles. The van der Waals surface area contributed by atoms with Crippen LogP contribution in [0.1, 0.15) is 36.2 Å². The third-order valence-electron chi connectivity index (χ3n) is 3.75. The molecule has 0 saturated carbocycles. The van der Waals surface area contributed by atoms with Gasteiger partial charge in [0.15, 0.2) is 5.82 Å².